The van der Waals surface area contributed by atoms with Crippen LogP contribution in [-0.2, 0) is 14.3 Å². The van der Waals surface area contributed by atoms with Crippen LogP contribution < -0.4 is 5.69 Å². The van der Waals surface area contributed by atoms with Crippen LogP contribution in [0.25, 0.3) is 22.1 Å². The Morgan fingerprint density at radius 1 is 1.34 bits per heavy atom. The topological polar surface area (TPSA) is 113 Å². The minimum atomic E-state index is -0.272. The molecule has 1 aliphatic heterocycles. The summed E-state index contributed by atoms with van der Waals surface area (Å²) in [7, 11) is 0. The molecule has 0 radical (unpaired) electrons. The number of ether oxygens (including phenoxy) is 1. The summed E-state index contributed by atoms with van der Waals surface area (Å²) in [6.07, 6.45) is 6.15. The van der Waals surface area contributed by atoms with E-state index in [2.05, 4.69) is 15.0 Å². The molecule has 0 spiro atoms. The molecule has 0 aliphatic carbocycles. The Bertz CT molecular complexity index is 1100. The van der Waals surface area contributed by atoms with E-state index in [9.17, 15) is 14.4 Å². The normalized spacial score (nSPS) is 17.1. The molecule has 4 heterocycles. The lowest BCUT2D eigenvalue weighted by Crippen LogP contribution is -2.42. The average molecular weight is 399 g/mol. The number of nitrogens with one attached hydrogen (secondary N) is 2. The van der Waals surface area contributed by atoms with Crippen molar-refractivity contribution in [2.75, 3.05) is 19.7 Å². The van der Waals surface area contributed by atoms with E-state index in [0.29, 0.717) is 38.1 Å². The van der Waals surface area contributed by atoms with E-state index in [1.807, 2.05) is 6.07 Å². The molecule has 3 aromatic rings. The molecule has 1 fully saturated rings. The van der Waals surface area contributed by atoms with Gasteiger partial charge < -0.3 is 19.6 Å². The van der Waals surface area contributed by atoms with Crippen molar-refractivity contribution in [3.63, 3.8) is 0 Å². The second kappa shape index (κ2) is 8.10. The van der Waals surface area contributed by atoms with Crippen molar-refractivity contribution in [3.05, 3.63) is 28.9 Å². The van der Waals surface area contributed by atoms with Crippen molar-refractivity contribution in [2.45, 2.75) is 45.1 Å². The Morgan fingerprint density at radius 3 is 3.03 bits per heavy atom. The number of nitrogens with zero attached hydrogens (tertiary/aromatic N) is 3. The lowest BCUT2D eigenvalue weighted by atomic mass is 10.0. The molecule has 2 N–H and O–H groups in total. The number of carbonyl (C=O) groups excluding carboxylic acids is 2. The van der Waals surface area contributed by atoms with Crippen LogP contribution in [0.1, 0.15) is 45.1 Å². The van der Waals surface area contributed by atoms with Crippen molar-refractivity contribution < 1.29 is 14.3 Å². The molecule has 0 bridgehead atoms. The van der Waals surface area contributed by atoms with Gasteiger partial charge in [0.1, 0.15) is 5.65 Å². The van der Waals surface area contributed by atoms with Gasteiger partial charge in [-0.3, -0.25) is 14.2 Å². The zero-order chi connectivity index (χ0) is 20.4. The number of amides is 1. The number of imidazole rings is 1. The maximum Gasteiger partial charge on any atom is 0.326 e. The van der Waals surface area contributed by atoms with Gasteiger partial charge in [0.05, 0.1) is 29.9 Å². The molecule has 154 valence electrons. The molecule has 1 aliphatic rings. The van der Waals surface area contributed by atoms with Crippen molar-refractivity contribution >= 4 is 33.9 Å². The fourth-order valence-corrected chi connectivity index (χ4v) is 4.14. The zero-order valence-corrected chi connectivity index (χ0v) is 16.4. The first-order chi connectivity index (χ1) is 14.1. The van der Waals surface area contributed by atoms with Gasteiger partial charge in [-0.1, -0.05) is 0 Å². The second-order valence-electron chi connectivity index (χ2n) is 7.35. The molecule has 1 atom stereocenters. The predicted molar refractivity (Wildman–Crippen MR) is 108 cm³/mol. The van der Waals surface area contributed by atoms with Crippen molar-refractivity contribution in [1.82, 2.24) is 24.4 Å². The summed E-state index contributed by atoms with van der Waals surface area (Å²) < 4.78 is 6.67. The fourth-order valence-electron chi connectivity index (χ4n) is 4.14. The number of rotatable bonds is 6. The Kier molecular flexibility index (Phi) is 5.37. The van der Waals surface area contributed by atoms with Gasteiger partial charge in [0.25, 0.3) is 0 Å². The molecule has 3 aromatic heterocycles. The number of hydrogen-bond donors (Lipinski definition) is 2. The first kappa shape index (κ1) is 19.2. The van der Waals surface area contributed by atoms with Crippen LogP contribution in [0.3, 0.4) is 0 Å². The molecule has 9 heteroatoms. The second-order valence-corrected chi connectivity index (χ2v) is 7.35. The third-order valence-electron chi connectivity index (χ3n) is 5.45. The fraction of sp³-hybridized carbons (Fsp3) is 0.500. The van der Waals surface area contributed by atoms with E-state index in [0.717, 1.165) is 29.4 Å². The summed E-state index contributed by atoms with van der Waals surface area (Å²) in [5.41, 5.74) is 2.06. The molecular weight excluding hydrogens is 374 g/mol. The Balaban J connectivity index is 1.51. The van der Waals surface area contributed by atoms with E-state index in [1.165, 1.54) is 0 Å². The highest BCUT2D eigenvalue weighted by Gasteiger charge is 2.27. The number of H-pyrrole nitrogens is 2. The Labute approximate surface area is 167 Å². The monoisotopic (exact) mass is 399 g/mol. The van der Waals surface area contributed by atoms with Crippen molar-refractivity contribution in [2.24, 2.45) is 0 Å². The SMILES string of the molecule is CCOC(=O)CCCC(=O)N1CCC[C@@H](n2c(=O)[nH]c3cnc4[nH]ccc4c32)C1. The highest BCUT2D eigenvalue weighted by atomic mass is 16.5. The van der Waals surface area contributed by atoms with E-state index in [1.54, 1.807) is 28.8 Å². The number of esters is 1. The van der Waals surface area contributed by atoms with Crippen molar-refractivity contribution in [1.29, 1.82) is 0 Å². The Morgan fingerprint density at radius 2 is 2.21 bits per heavy atom. The van der Waals surface area contributed by atoms with Gasteiger partial charge in [-0.2, -0.15) is 0 Å². The number of carbonyl (C=O) groups is 2. The molecule has 29 heavy (non-hydrogen) atoms. The standard InChI is InChI=1S/C20H25N5O4/c1-2-29-17(27)7-3-6-16(26)24-10-4-5-13(12-24)25-18-14-8-9-21-19(14)22-11-15(18)23-20(25)28/h8-9,11,13H,2-7,10,12H2,1H3,(H,21,22)(H,23,28)/t13-/m1/s1. The summed E-state index contributed by atoms with van der Waals surface area (Å²) in [5.74, 6) is -0.258. The maximum absolute atomic E-state index is 12.7. The summed E-state index contributed by atoms with van der Waals surface area (Å²) in [4.78, 5) is 48.9. The van der Waals surface area contributed by atoms with Crippen LogP contribution in [0.2, 0.25) is 0 Å². The average Bonchev–Trinajstić information content (AvgIpc) is 3.31. The lowest BCUT2D eigenvalue weighted by Gasteiger charge is -2.33. The molecule has 4 rings (SSSR count). The zero-order valence-electron chi connectivity index (χ0n) is 16.4. The van der Waals surface area contributed by atoms with Gasteiger partial charge in [-0.05, 0) is 32.3 Å². The van der Waals surface area contributed by atoms with Crippen LogP contribution >= 0.6 is 0 Å². The predicted octanol–water partition coefficient (Wildman–Crippen LogP) is 2.10. The molecule has 1 saturated heterocycles. The smallest absolute Gasteiger partial charge is 0.326 e. The minimum absolute atomic E-state index is 0.0142. The number of aromatic nitrogens is 4. The van der Waals surface area contributed by atoms with Gasteiger partial charge >= 0.3 is 11.7 Å². The molecular formula is C20H25N5O4. The summed E-state index contributed by atoms with van der Waals surface area (Å²) >= 11 is 0. The van der Waals surface area contributed by atoms with Crippen LogP contribution in [0.4, 0.5) is 0 Å². The number of likely N-dealkylation sites (tertiary alicyclic amines) is 1. The van der Waals surface area contributed by atoms with Crippen molar-refractivity contribution in [3.8, 4) is 0 Å². The molecule has 0 unspecified atom stereocenters. The number of hydrogen-bond acceptors (Lipinski definition) is 5. The van der Waals surface area contributed by atoms with Crippen LogP contribution in [-0.4, -0.2) is 56.0 Å². The summed E-state index contributed by atoms with van der Waals surface area (Å²) in [5, 5.41) is 0.888. The van der Waals surface area contributed by atoms with Crippen LogP contribution in [0.5, 0.6) is 0 Å². The molecule has 9 nitrogen and oxygen atoms in total. The van der Waals surface area contributed by atoms with Crippen LogP contribution in [0, 0.1) is 0 Å². The molecule has 0 saturated carbocycles. The lowest BCUT2D eigenvalue weighted by molar-refractivity contribution is -0.143. The van der Waals surface area contributed by atoms with Gasteiger partial charge in [-0.15, -0.1) is 0 Å². The number of pyridine rings is 1. The third-order valence-corrected chi connectivity index (χ3v) is 5.45. The van der Waals surface area contributed by atoms with Gasteiger partial charge in [0, 0.05) is 37.5 Å². The first-order valence-corrected chi connectivity index (χ1v) is 10.1. The summed E-state index contributed by atoms with van der Waals surface area (Å²) in [6.45, 7) is 3.27. The highest BCUT2D eigenvalue weighted by Crippen LogP contribution is 2.28. The molecule has 0 aromatic carbocycles. The maximum atomic E-state index is 12.7. The number of fused-ring (bicyclic) bond motifs is 3. The largest absolute Gasteiger partial charge is 0.466 e. The van der Waals surface area contributed by atoms with E-state index in [4.69, 9.17) is 4.74 Å². The molecule has 1 amide bonds. The van der Waals surface area contributed by atoms with E-state index >= 15 is 0 Å². The minimum Gasteiger partial charge on any atom is -0.466 e. The van der Waals surface area contributed by atoms with Gasteiger partial charge in [-0.25, -0.2) is 9.78 Å². The number of aromatic amines is 2. The highest BCUT2D eigenvalue weighted by molar-refractivity contribution is 6.00. The number of piperidine rings is 1. The quantitative estimate of drug-likeness (QED) is 0.616. The van der Waals surface area contributed by atoms with E-state index in [-0.39, 0.29) is 30.0 Å². The van der Waals surface area contributed by atoms with E-state index < -0.39 is 0 Å². The van der Waals surface area contributed by atoms with Gasteiger partial charge in [0.15, 0.2) is 0 Å². The first-order valence-electron chi connectivity index (χ1n) is 10.1. The van der Waals surface area contributed by atoms with Crippen LogP contribution in [0.15, 0.2) is 23.3 Å². The summed E-state index contributed by atoms with van der Waals surface area (Å²) in [6, 6.07) is 1.81. The Hall–Kier alpha value is -3.10. The van der Waals surface area contributed by atoms with Gasteiger partial charge in [0.2, 0.25) is 5.91 Å². The third kappa shape index (κ3) is 3.76.